The summed E-state index contributed by atoms with van der Waals surface area (Å²) in [7, 11) is -9.89. The second-order valence-electron chi connectivity index (χ2n) is 24.3. The number of hydrogen-bond donors (Lipinski definition) is 3. The summed E-state index contributed by atoms with van der Waals surface area (Å²) in [6.45, 7) is 7.11. The molecule has 17 nitrogen and oxygen atoms in total. The Hall–Kier alpha value is -1.94. The second-order valence-corrected chi connectivity index (χ2v) is 27.2. The molecular formula is C66H128O17P2. The first kappa shape index (κ1) is 83.1. The van der Waals surface area contributed by atoms with Crippen LogP contribution in [-0.2, 0) is 65.4 Å². The van der Waals surface area contributed by atoms with Gasteiger partial charge in [-0.15, -0.1) is 0 Å². The van der Waals surface area contributed by atoms with Crippen molar-refractivity contribution in [2.75, 3.05) is 39.6 Å². The number of esters is 4. The number of aliphatic hydroxyl groups is 1. The van der Waals surface area contributed by atoms with Crippen LogP contribution in [0, 0.1) is 5.92 Å². The first-order chi connectivity index (χ1) is 41.0. The van der Waals surface area contributed by atoms with Crippen molar-refractivity contribution in [1.82, 2.24) is 0 Å². The van der Waals surface area contributed by atoms with Gasteiger partial charge in [0.1, 0.15) is 19.3 Å². The average Bonchev–Trinajstić information content (AvgIpc) is 3.55. The van der Waals surface area contributed by atoms with Crippen molar-refractivity contribution in [3.63, 3.8) is 0 Å². The maximum atomic E-state index is 13.0. The highest BCUT2D eigenvalue weighted by atomic mass is 31.2. The highest BCUT2D eigenvalue weighted by Gasteiger charge is 2.30. The molecule has 0 amide bonds. The van der Waals surface area contributed by atoms with E-state index in [1.807, 2.05) is 0 Å². The van der Waals surface area contributed by atoms with E-state index in [1.54, 1.807) is 0 Å². The van der Waals surface area contributed by atoms with Crippen LogP contribution in [-0.4, -0.2) is 96.7 Å². The minimum atomic E-state index is -4.95. The van der Waals surface area contributed by atoms with Crippen LogP contribution in [0.15, 0.2) is 0 Å². The minimum Gasteiger partial charge on any atom is -0.462 e. The molecule has 2 unspecified atom stereocenters. The number of carbonyl (C=O) groups excluding carboxylic acids is 4. The molecule has 0 aromatic rings. The van der Waals surface area contributed by atoms with Gasteiger partial charge in [-0.25, -0.2) is 9.13 Å². The van der Waals surface area contributed by atoms with E-state index in [0.29, 0.717) is 31.6 Å². The van der Waals surface area contributed by atoms with E-state index in [1.165, 1.54) is 161 Å². The summed E-state index contributed by atoms with van der Waals surface area (Å²) in [5.74, 6) is -1.46. The Kier molecular flexibility index (Phi) is 58.3. The number of ether oxygens (including phenoxy) is 4. The predicted octanol–water partition coefficient (Wildman–Crippen LogP) is 18.6. The lowest BCUT2D eigenvalue weighted by molar-refractivity contribution is -0.161. The van der Waals surface area contributed by atoms with E-state index < -0.39 is 97.5 Å². The molecule has 0 aromatic heterocycles. The molecule has 0 saturated heterocycles. The van der Waals surface area contributed by atoms with Gasteiger partial charge in [-0.2, -0.15) is 0 Å². The molecule has 0 aliphatic rings. The average molecular weight is 1260 g/mol. The van der Waals surface area contributed by atoms with Gasteiger partial charge in [-0.05, 0) is 31.6 Å². The normalized spacial score (nSPS) is 14.2. The van der Waals surface area contributed by atoms with Crippen LogP contribution < -0.4 is 0 Å². The molecule has 0 rings (SSSR count). The first-order valence-electron chi connectivity index (χ1n) is 34.6. The number of rotatable bonds is 66. The van der Waals surface area contributed by atoms with Crippen molar-refractivity contribution in [3.05, 3.63) is 0 Å². The van der Waals surface area contributed by atoms with E-state index in [4.69, 9.17) is 37.0 Å². The molecule has 0 bridgehead atoms. The van der Waals surface area contributed by atoms with Crippen LogP contribution in [0.3, 0.4) is 0 Å². The van der Waals surface area contributed by atoms with Crippen molar-refractivity contribution in [2.45, 2.75) is 355 Å². The fraction of sp³-hybridized carbons (Fsp3) is 0.939. The van der Waals surface area contributed by atoms with Gasteiger partial charge in [0.25, 0.3) is 0 Å². The summed E-state index contributed by atoms with van der Waals surface area (Å²) >= 11 is 0. The molecule has 19 heteroatoms. The Balaban J connectivity index is 5.22. The van der Waals surface area contributed by atoms with E-state index in [9.17, 15) is 43.2 Å². The summed E-state index contributed by atoms with van der Waals surface area (Å²) in [5, 5.41) is 10.5. The third kappa shape index (κ3) is 60.7. The van der Waals surface area contributed by atoms with Gasteiger partial charge in [0.05, 0.1) is 26.4 Å². The van der Waals surface area contributed by atoms with Gasteiger partial charge in [0.2, 0.25) is 0 Å². The molecule has 5 atom stereocenters. The van der Waals surface area contributed by atoms with E-state index >= 15 is 0 Å². The molecule has 0 spiro atoms. The largest absolute Gasteiger partial charge is 0.472 e. The summed E-state index contributed by atoms with van der Waals surface area (Å²) in [6.07, 6.45) is 44.5. The summed E-state index contributed by atoms with van der Waals surface area (Å²) in [4.78, 5) is 72.3. The summed E-state index contributed by atoms with van der Waals surface area (Å²) < 4.78 is 68.0. The molecule has 0 radical (unpaired) electrons. The Bertz CT molecular complexity index is 1650. The van der Waals surface area contributed by atoms with Crippen molar-refractivity contribution in [3.8, 4) is 0 Å². The van der Waals surface area contributed by atoms with Gasteiger partial charge in [-0.1, -0.05) is 285 Å². The standard InChI is InChI=1S/C66H128O17P2/c1-6-9-12-15-18-21-23-25-27-29-32-35-41-46-51-65(70)82-61(55-77-64(69)50-45-40-34-31-28-26-24-22-19-16-13-10-7-2)57-80-84(72,73)78-53-60(67)54-79-85(74,75)81-58-62(83-66(71)52-47-42-37-36-38-43-48-59(4)5)56-76-63(68)49-44-39-33-30-20-17-14-11-8-3/h59-62,67H,6-58H2,1-5H3,(H,72,73)(H,74,75)/t60-,61-,62-/m1/s1. The van der Waals surface area contributed by atoms with Crippen LogP contribution in [0.1, 0.15) is 336 Å². The molecule has 3 N–H and O–H groups in total. The molecule has 85 heavy (non-hydrogen) atoms. The third-order valence-electron chi connectivity index (χ3n) is 15.3. The topological polar surface area (TPSA) is 237 Å². The van der Waals surface area contributed by atoms with Gasteiger partial charge < -0.3 is 33.8 Å². The van der Waals surface area contributed by atoms with E-state index in [0.717, 1.165) is 89.9 Å². The highest BCUT2D eigenvalue weighted by Crippen LogP contribution is 2.45. The number of phosphoric acid groups is 2. The highest BCUT2D eigenvalue weighted by molar-refractivity contribution is 7.47. The number of unbranched alkanes of at least 4 members (excludes halogenated alkanes) is 38. The van der Waals surface area contributed by atoms with E-state index in [2.05, 4.69) is 34.6 Å². The van der Waals surface area contributed by atoms with Crippen molar-refractivity contribution < 1.29 is 80.2 Å². The molecule has 504 valence electrons. The van der Waals surface area contributed by atoms with Crippen LogP contribution in [0.2, 0.25) is 0 Å². The van der Waals surface area contributed by atoms with Gasteiger partial charge in [0, 0.05) is 25.7 Å². The lowest BCUT2D eigenvalue weighted by Gasteiger charge is -2.21. The Morgan fingerprint density at radius 3 is 0.800 bits per heavy atom. The third-order valence-corrected chi connectivity index (χ3v) is 17.2. The molecule has 0 aliphatic carbocycles. The molecule has 0 aliphatic heterocycles. The van der Waals surface area contributed by atoms with Crippen molar-refractivity contribution in [2.24, 2.45) is 5.92 Å². The van der Waals surface area contributed by atoms with Crippen molar-refractivity contribution >= 4 is 39.5 Å². The Labute approximate surface area is 517 Å². The van der Waals surface area contributed by atoms with Crippen LogP contribution in [0.5, 0.6) is 0 Å². The lowest BCUT2D eigenvalue weighted by Crippen LogP contribution is -2.30. The minimum absolute atomic E-state index is 0.102. The van der Waals surface area contributed by atoms with Gasteiger partial charge in [-0.3, -0.25) is 37.3 Å². The zero-order valence-corrected chi connectivity index (χ0v) is 56.5. The van der Waals surface area contributed by atoms with Gasteiger partial charge >= 0.3 is 39.5 Å². The quantitative estimate of drug-likeness (QED) is 0.0222. The molecule has 0 fully saturated rings. The fourth-order valence-electron chi connectivity index (χ4n) is 9.94. The van der Waals surface area contributed by atoms with E-state index in [-0.39, 0.29) is 25.7 Å². The SMILES string of the molecule is CCCCCCCCCCCCCCCCC(=O)O[C@H](COC(=O)CCCCCCCCCCCCCCC)COP(=O)(O)OC[C@@H](O)COP(=O)(O)OC[C@@H](COC(=O)CCCCCCCCCCC)OC(=O)CCCCCCCCC(C)C. The maximum Gasteiger partial charge on any atom is 0.472 e. The number of aliphatic hydroxyl groups excluding tert-OH is 1. The predicted molar refractivity (Wildman–Crippen MR) is 340 cm³/mol. The lowest BCUT2D eigenvalue weighted by atomic mass is 10.0. The first-order valence-corrected chi connectivity index (χ1v) is 37.6. The number of hydrogen-bond acceptors (Lipinski definition) is 15. The smallest absolute Gasteiger partial charge is 0.462 e. The summed E-state index contributed by atoms with van der Waals surface area (Å²) in [5.41, 5.74) is 0. The van der Waals surface area contributed by atoms with Crippen LogP contribution in [0.4, 0.5) is 0 Å². The Morgan fingerprint density at radius 2 is 0.541 bits per heavy atom. The zero-order chi connectivity index (χ0) is 62.8. The summed E-state index contributed by atoms with van der Waals surface area (Å²) in [6, 6.07) is 0. The van der Waals surface area contributed by atoms with Crippen LogP contribution in [0.25, 0.3) is 0 Å². The molecular weight excluding hydrogens is 1130 g/mol. The molecule has 0 saturated carbocycles. The second kappa shape index (κ2) is 59.7. The van der Waals surface area contributed by atoms with Crippen LogP contribution >= 0.6 is 15.6 Å². The fourth-order valence-corrected chi connectivity index (χ4v) is 11.5. The zero-order valence-electron chi connectivity index (χ0n) is 54.7. The van der Waals surface area contributed by atoms with Crippen molar-refractivity contribution in [1.29, 1.82) is 0 Å². The monoisotopic (exact) mass is 1250 g/mol. The number of phosphoric ester groups is 2. The molecule has 0 heterocycles. The molecule has 0 aromatic carbocycles. The maximum absolute atomic E-state index is 13.0. The Morgan fingerprint density at radius 1 is 0.318 bits per heavy atom. The number of carbonyl (C=O) groups is 4. The van der Waals surface area contributed by atoms with Gasteiger partial charge in [0.15, 0.2) is 12.2 Å².